The van der Waals surface area contributed by atoms with Gasteiger partial charge in [-0.2, -0.15) is 0 Å². The highest BCUT2D eigenvalue weighted by Gasteiger charge is 2.15. The van der Waals surface area contributed by atoms with Gasteiger partial charge in [0.05, 0.1) is 5.69 Å². The highest BCUT2D eigenvalue weighted by atomic mass is 32.1. The van der Waals surface area contributed by atoms with E-state index in [0.29, 0.717) is 16.8 Å². The fourth-order valence-corrected chi connectivity index (χ4v) is 3.14. The predicted molar refractivity (Wildman–Crippen MR) is 104 cm³/mol. The molecule has 1 heterocycles. The maximum Gasteiger partial charge on any atom is 0.328 e. The number of benzene rings is 2. The van der Waals surface area contributed by atoms with Crippen LogP contribution in [0.15, 0.2) is 72.1 Å². The SMILES string of the molecule is NN(C(=O)c1ccc(C=CC(=O)O)cc1)c1cccc(-c2cccs2)c1. The van der Waals surface area contributed by atoms with Crippen molar-refractivity contribution in [3.05, 3.63) is 83.2 Å². The van der Waals surface area contributed by atoms with Gasteiger partial charge in [0.25, 0.3) is 5.91 Å². The number of nitrogens with zero attached hydrogens (tertiary/aromatic N) is 1. The molecule has 130 valence electrons. The Morgan fingerprint density at radius 3 is 2.46 bits per heavy atom. The minimum absolute atomic E-state index is 0.345. The Bertz CT molecular complexity index is 947. The molecular weight excluding hydrogens is 348 g/mol. The Balaban J connectivity index is 1.79. The van der Waals surface area contributed by atoms with Gasteiger partial charge in [0.2, 0.25) is 0 Å². The van der Waals surface area contributed by atoms with Crippen molar-refractivity contribution in [1.82, 2.24) is 0 Å². The van der Waals surface area contributed by atoms with Crippen LogP contribution >= 0.6 is 11.3 Å². The number of aliphatic carboxylic acids is 1. The Hall–Kier alpha value is -3.22. The fourth-order valence-electron chi connectivity index (χ4n) is 2.41. The van der Waals surface area contributed by atoms with Crippen LogP contribution in [0.25, 0.3) is 16.5 Å². The summed E-state index contributed by atoms with van der Waals surface area (Å²) >= 11 is 1.62. The van der Waals surface area contributed by atoms with Gasteiger partial charge in [0.1, 0.15) is 0 Å². The minimum Gasteiger partial charge on any atom is -0.478 e. The van der Waals surface area contributed by atoms with E-state index < -0.39 is 5.97 Å². The van der Waals surface area contributed by atoms with Crippen LogP contribution in [0.2, 0.25) is 0 Å². The van der Waals surface area contributed by atoms with Crippen molar-refractivity contribution in [3.8, 4) is 10.4 Å². The third-order valence-electron chi connectivity index (χ3n) is 3.72. The van der Waals surface area contributed by atoms with Gasteiger partial charge in [-0.1, -0.05) is 30.3 Å². The largest absolute Gasteiger partial charge is 0.478 e. The molecule has 0 aliphatic carbocycles. The van der Waals surface area contributed by atoms with Gasteiger partial charge in [-0.3, -0.25) is 4.79 Å². The molecule has 3 N–H and O–H groups in total. The molecule has 6 heteroatoms. The van der Waals surface area contributed by atoms with Crippen molar-refractivity contribution in [3.63, 3.8) is 0 Å². The lowest BCUT2D eigenvalue weighted by atomic mass is 10.1. The first kappa shape index (κ1) is 17.6. The first-order valence-electron chi connectivity index (χ1n) is 7.79. The van der Waals surface area contributed by atoms with E-state index in [0.717, 1.165) is 21.5 Å². The Morgan fingerprint density at radius 2 is 1.81 bits per heavy atom. The van der Waals surface area contributed by atoms with Crippen molar-refractivity contribution in [2.24, 2.45) is 5.84 Å². The fraction of sp³-hybridized carbons (Fsp3) is 0. The van der Waals surface area contributed by atoms with E-state index in [9.17, 15) is 9.59 Å². The van der Waals surface area contributed by atoms with Crippen molar-refractivity contribution in [1.29, 1.82) is 0 Å². The Kier molecular flexibility index (Phi) is 5.26. The molecule has 0 radical (unpaired) electrons. The standard InChI is InChI=1S/C20H16N2O3S/c21-22(17-4-1-3-16(13-17)18-5-2-12-26-18)20(25)15-9-6-14(7-10-15)8-11-19(23)24/h1-13H,21H2,(H,23,24). The van der Waals surface area contributed by atoms with E-state index in [1.165, 1.54) is 6.08 Å². The summed E-state index contributed by atoms with van der Waals surface area (Å²) in [5.74, 6) is 4.66. The van der Waals surface area contributed by atoms with E-state index in [1.807, 2.05) is 35.7 Å². The number of thiophene rings is 1. The average molecular weight is 364 g/mol. The van der Waals surface area contributed by atoms with Crippen molar-refractivity contribution >= 4 is 35.0 Å². The number of nitrogens with two attached hydrogens (primary N) is 1. The summed E-state index contributed by atoms with van der Waals surface area (Å²) in [6.07, 6.45) is 2.50. The molecule has 0 bridgehead atoms. The smallest absolute Gasteiger partial charge is 0.328 e. The summed E-state index contributed by atoms with van der Waals surface area (Å²) in [4.78, 5) is 24.3. The van der Waals surface area contributed by atoms with Gasteiger partial charge in [0.15, 0.2) is 0 Å². The summed E-state index contributed by atoms with van der Waals surface area (Å²) in [5.41, 5.74) is 2.69. The number of anilines is 1. The van der Waals surface area contributed by atoms with Crippen LogP contribution in [-0.4, -0.2) is 17.0 Å². The van der Waals surface area contributed by atoms with Crippen LogP contribution in [0.1, 0.15) is 15.9 Å². The van der Waals surface area contributed by atoms with E-state index in [2.05, 4.69) is 0 Å². The van der Waals surface area contributed by atoms with Gasteiger partial charge >= 0.3 is 5.97 Å². The zero-order chi connectivity index (χ0) is 18.5. The number of amides is 1. The maximum atomic E-state index is 12.6. The van der Waals surface area contributed by atoms with E-state index in [4.69, 9.17) is 10.9 Å². The lowest BCUT2D eigenvalue weighted by Gasteiger charge is -2.17. The van der Waals surface area contributed by atoms with E-state index in [-0.39, 0.29) is 5.91 Å². The molecule has 0 saturated carbocycles. The topological polar surface area (TPSA) is 83.6 Å². The number of carbonyl (C=O) groups excluding carboxylic acids is 1. The molecule has 0 spiro atoms. The van der Waals surface area contributed by atoms with Crippen LogP contribution in [0, 0.1) is 0 Å². The lowest BCUT2D eigenvalue weighted by Crippen LogP contribution is -2.37. The van der Waals surface area contributed by atoms with Crippen LogP contribution < -0.4 is 10.9 Å². The lowest BCUT2D eigenvalue weighted by molar-refractivity contribution is -0.131. The number of carboxylic acids is 1. The number of hydrogen-bond acceptors (Lipinski definition) is 4. The first-order chi connectivity index (χ1) is 12.5. The molecule has 1 amide bonds. The van der Waals surface area contributed by atoms with Gasteiger partial charge in [0, 0.05) is 16.5 Å². The molecule has 3 rings (SSSR count). The van der Waals surface area contributed by atoms with Crippen molar-refractivity contribution in [2.45, 2.75) is 0 Å². The number of carbonyl (C=O) groups is 2. The van der Waals surface area contributed by atoms with Gasteiger partial charge in [-0.15, -0.1) is 11.3 Å². The summed E-state index contributed by atoms with van der Waals surface area (Å²) < 4.78 is 0. The van der Waals surface area contributed by atoms with Gasteiger partial charge in [-0.05, 0) is 52.9 Å². The zero-order valence-corrected chi connectivity index (χ0v) is 14.5. The van der Waals surface area contributed by atoms with Crippen molar-refractivity contribution < 1.29 is 14.7 Å². The maximum absolute atomic E-state index is 12.6. The molecule has 0 atom stereocenters. The van der Waals surface area contributed by atoms with Gasteiger partial charge in [-0.25, -0.2) is 15.6 Å². The highest BCUT2D eigenvalue weighted by Crippen LogP contribution is 2.28. The van der Waals surface area contributed by atoms with Crippen molar-refractivity contribution in [2.75, 3.05) is 5.01 Å². The second-order valence-corrected chi connectivity index (χ2v) is 6.44. The summed E-state index contributed by atoms with van der Waals surface area (Å²) in [6, 6.07) is 18.0. The average Bonchev–Trinajstić information content (AvgIpc) is 3.20. The molecule has 0 fully saturated rings. The number of carboxylic acid groups (broad SMARTS) is 1. The zero-order valence-electron chi connectivity index (χ0n) is 13.7. The molecule has 2 aromatic carbocycles. The van der Waals surface area contributed by atoms with E-state index in [1.54, 1.807) is 41.7 Å². The second-order valence-electron chi connectivity index (χ2n) is 5.50. The third kappa shape index (κ3) is 4.05. The molecule has 0 aliphatic rings. The molecule has 0 aliphatic heterocycles. The normalized spacial score (nSPS) is 10.8. The van der Waals surface area contributed by atoms with Crippen LogP contribution in [0.3, 0.4) is 0 Å². The number of hydrazine groups is 1. The van der Waals surface area contributed by atoms with Crippen LogP contribution in [0.5, 0.6) is 0 Å². The van der Waals surface area contributed by atoms with Crippen LogP contribution in [0.4, 0.5) is 5.69 Å². The first-order valence-corrected chi connectivity index (χ1v) is 8.67. The Labute approximate surface area is 154 Å². The molecular formula is C20H16N2O3S. The molecule has 3 aromatic rings. The van der Waals surface area contributed by atoms with Crippen LogP contribution in [-0.2, 0) is 4.79 Å². The Morgan fingerprint density at radius 1 is 1.04 bits per heavy atom. The molecule has 26 heavy (non-hydrogen) atoms. The predicted octanol–water partition coefficient (Wildman–Crippen LogP) is 4.03. The second kappa shape index (κ2) is 7.77. The monoisotopic (exact) mass is 364 g/mol. The summed E-state index contributed by atoms with van der Waals surface area (Å²) in [7, 11) is 0. The minimum atomic E-state index is -1.02. The third-order valence-corrected chi connectivity index (χ3v) is 4.64. The molecule has 1 aromatic heterocycles. The summed E-state index contributed by atoms with van der Waals surface area (Å²) in [5, 5.41) is 11.7. The number of hydrogen-bond donors (Lipinski definition) is 2. The van der Waals surface area contributed by atoms with Gasteiger partial charge < -0.3 is 5.11 Å². The molecule has 0 saturated heterocycles. The van der Waals surface area contributed by atoms with E-state index >= 15 is 0 Å². The quantitative estimate of drug-likeness (QED) is 0.310. The molecule has 5 nitrogen and oxygen atoms in total. The highest BCUT2D eigenvalue weighted by molar-refractivity contribution is 7.13. The summed E-state index contributed by atoms with van der Waals surface area (Å²) in [6.45, 7) is 0. The molecule has 0 unspecified atom stereocenters. The number of rotatable bonds is 5.